The van der Waals surface area contributed by atoms with Crippen LogP contribution >= 0.6 is 0 Å². The molecule has 2 N–H and O–H groups in total. The Morgan fingerprint density at radius 2 is 2.00 bits per heavy atom. The Hall–Kier alpha value is -2.70. The minimum atomic E-state index is -1.05. The van der Waals surface area contributed by atoms with Gasteiger partial charge in [0.1, 0.15) is 0 Å². The molecule has 2 rings (SSSR count). The van der Waals surface area contributed by atoms with Crippen molar-refractivity contribution in [2.45, 2.75) is 27.7 Å². The Balaban J connectivity index is 2.19. The van der Waals surface area contributed by atoms with Gasteiger partial charge in [0.15, 0.2) is 5.69 Å². The number of hydrogen-bond acceptors (Lipinski definition) is 4. The fraction of sp³-hybridized carbons (Fsp3) is 0.375. The Morgan fingerprint density at radius 1 is 1.30 bits per heavy atom. The summed E-state index contributed by atoms with van der Waals surface area (Å²) in [5, 5.41) is 19.6. The quantitative estimate of drug-likeness (QED) is 0.875. The van der Waals surface area contributed by atoms with Crippen LogP contribution in [0.25, 0.3) is 5.69 Å². The average molecular weight is 316 g/mol. The molecule has 1 amide bonds. The molecule has 0 fully saturated rings. The van der Waals surface area contributed by atoms with Crippen LogP contribution in [-0.2, 0) is 4.79 Å². The third kappa shape index (κ3) is 3.56. The van der Waals surface area contributed by atoms with E-state index in [0.29, 0.717) is 5.69 Å². The molecule has 0 aliphatic heterocycles. The first-order valence-corrected chi connectivity index (χ1v) is 7.23. The number of amides is 1. The lowest BCUT2D eigenvalue weighted by molar-refractivity contribution is -0.146. The Morgan fingerprint density at radius 3 is 2.61 bits per heavy atom. The molecular formula is C16H20N4O3. The summed E-state index contributed by atoms with van der Waals surface area (Å²) in [6.07, 6.45) is 0. The van der Waals surface area contributed by atoms with Crippen molar-refractivity contribution in [1.82, 2.24) is 20.3 Å². The van der Waals surface area contributed by atoms with Crippen LogP contribution in [0.15, 0.2) is 24.3 Å². The van der Waals surface area contributed by atoms with Gasteiger partial charge >= 0.3 is 5.97 Å². The van der Waals surface area contributed by atoms with Gasteiger partial charge in [-0.25, -0.2) is 4.68 Å². The summed E-state index contributed by atoms with van der Waals surface area (Å²) >= 11 is 0. The van der Waals surface area contributed by atoms with Crippen molar-refractivity contribution >= 4 is 11.9 Å². The lowest BCUT2D eigenvalue weighted by Crippen LogP contribution is -2.39. The molecule has 0 saturated carbocycles. The predicted molar refractivity (Wildman–Crippen MR) is 84.6 cm³/mol. The Kier molecular flexibility index (Phi) is 4.49. The predicted octanol–water partition coefficient (Wildman–Crippen LogP) is 1.72. The molecule has 0 unspecified atom stereocenters. The number of hydrogen-bond donors (Lipinski definition) is 2. The van der Waals surface area contributed by atoms with E-state index in [1.54, 1.807) is 25.5 Å². The lowest BCUT2D eigenvalue weighted by Gasteiger charge is -2.19. The highest BCUT2D eigenvalue weighted by molar-refractivity contribution is 5.93. The molecule has 122 valence electrons. The van der Waals surface area contributed by atoms with Crippen molar-refractivity contribution in [2.75, 3.05) is 6.54 Å². The number of nitrogens with one attached hydrogen (secondary N) is 1. The summed E-state index contributed by atoms with van der Waals surface area (Å²) in [5.74, 6) is -1.41. The van der Waals surface area contributed by atoms with E-state index in [0.717, 1.165) is 11.3 Å². The van der Waals surface area contributed by atoms with Crippen molar-refractivity contribution in [3.05, 3.63) is 41.2 Å². The zero-order chi connectivity index (χ0) is 17.2. The number of aryl methyl sites for hydroxylation is 1. The standard InChI is InChI=1S/C16H20N4O3/c1-10-6-5-7-12(8-10)20-11(2)13(18-19-20)14(21)17-9-16(3,4)15(22)23/h5-8H,9H2,1-4H3,(H,17,21)(H,22,23). The Bertz CT molecular complexity index is 750. The van der Waals surface area contributed by atoms with Crippen LogP contribution in [-0.4, -0.2) is 38.5 Å². The number of aliphatic carboxylic acids is 1. The van der Waals surface area contributed by atoms with Crippen molar-refractivity contribution in [3.63, 3.8) is 0 Å². The minimum Gasteiger partial charge on any atom is -0.481 e. The summed E-state index contributed by atoms with van der Waals surface area (Å²) in [6.45, 7) is 6.83. The zero-order valence-corrected chi connectivity index (χ0v) is 13.6. The fourth-order valence-electron chi connectivity index (χ4n) is 2.00. The van der Waals surface area contributed by atoms with Gasteiger partial charge < -0.3 is 10.4 Å². The molecule has 0 saturated heterocycles. The normalized spacial score (nSPS) is 11.3. The number of nitrogens with zero attached hydrogens (tertiary/aromatic N) is 3. The van der Waals surface area contributed by atoms with Crippen LogP contribution in [0, 0.1) is 19.3 Å². The molecule has 0 spiro atoms. The summed E-state index contributed by atoms with van der Waals surface area (Å²) in [6, 6.07) is 7.69. The van der Waals surface area contributed by atoms with Gasteiger partial charge in [0, 0.05) is 6.54 Å². The molecule has 0 aliphatic rings. The summed E-state index contributed by atoms with van der Waals surface area (Å²) in [5.41, 5.74) is 1.64. The number of aromatic nitrogens is 3. The molecule has 1 aromatic carbocycles. The fourth-order valence-corrected chi connectivity index (χ4v) is 2.00. The monoisotopic (exact) mass is 316 g/mol. The van der Waals surface area contributed by atoms with E-state index in [-0.39, 0.29) is 12.2 Å². The van der Waals surface area contributed by atoms with Gasteiger partial charge in [-0.05, 0) is 45.4 Å². The maximum Gasteiger partial charge on any atom is 0.310 e. The van der Waals surface area contributed by atoms with E-state index in [9.17, 15) is 9.59 Å². The van der Waals surface area contributed by atoms with Crippen molar-refractivity contribution in [1.29, 1.82) is 0 Å². The van der Waals surface area contributed by atoms with Crippen molar-refractivity contribution in [3.8, 4) is 5.69 Å². The van der Waals surface area contributed by atoms with Crippen LogP contribution in [0.3, 0.4) is 0 Å². The SMILES string of the molecule is Cc1cccc(-n2nnc(C(=O)NCC(C)(C)C(=O)O)c2C)c1. The number of carboxylic acid groups (broad SMARTS) is 1. The molecule has 2 aromatic rings. The number of rotatable bonds is 5. The highest BCUT2D eigenvalue weighted by Gasteiger charge is 2.28. The largest absolute Gasteiger partial charge is 0.481 e. The molecule has 1 aromatic heterocycles. The zero-order valence-electron chi connectivity index (χ0n) is 13.6. The van der Waals surface area contributed by atoms with Gasteiger partial charge in [-0.3, -0.25) is 9.59 Å². The van der Waals surface area contributed by atoms with Gasteiger partial charge in [0.25, 0.3) is 5.91 Å². The number of carbonyl (C=O) groups is 2. The first kappa shape index (κ1) is 16.7. The first-order chi connectivity index (χ1) is 10.7. The molecule has 0 atom stereocenters. The van der Waals surface area contributed by atoms with E-state index in [1.165, 1.54) is 0 Å². The van der Waals surface area contributed by atoms with Crippen LogP contribution in [0.1, 0.15) is 35.6 Å². The van der Waals surface area contributed by atoms with E-state index in [4.69, 9.17) is 5.11 Å². The molecule has 7 heteroatoms. The van der Waals surface area contributed by atoms with Gasteiger partial charge in [-0.1, -0.05) is 17.3 Å². The lowest BCUT2D eigenvalue weighted by atomic mass is 9.94. The summed E-state index contributed by atoms with van der Waals surface area (Å²) in [7, 11) is 0. The van der Waals surface area contributed by atoms with Gasteiger partial charge in [0.05, 0.1) is 16.8 Å². The van der Waals surface area contributed by atoms with Gasteiger partial charge in [-0.15, -0.1) is 5.10 Å². The van der Waals surface area contributed by atoms with Crippen LogP contribution in [0.5, 0.6) is 0 Å². The smallest absolute Gasteiger partial charge is 0.310 e. The Labute approximate surface area is 134 Å². The van der Waals surface area contributed by atoms with E-state index in [2.05, 4.69) is 15.6 Å². The number of carboxylic acids is 1. The highest BCUT2D eigenvalue weighted by Crippen LogP contribution is 2.15. The minimum absolute atomic E-state index is 0.0118. The molecule has 1 heterocycles. The molecular weight excluding hydrogens is 296 g/mol. The van der Waals surface area contributed by atoms with Gasteiger partial charge in [-0.2, -0.15) is 0 Å². The topological polar surface area (TPSA) is 97.1 Å². The van der Waals surface area contributed by atoms with Crippen LogP contribution in [0.4, 0.5) is 0 Å². The van der Waals surface area contributed by atoms with Crippen molar-refractivity contribution < 1.29 is 14.7 Å². The highest BCUT2D eigenvalue weighted by atomic mass is 16.4. The molecule has 0 aliphatic carbocycles. The second-order valence-electron chi connectivity index (χ2n) is 6.15. The number of benzene rings is 1. The molecule has 7 nitrogen and oxygen atoms in total. The van der Waals surface area contributed by atoms with Crippen LogP contribution in [0.2, 0.25) is 0 Å². The third-order valence-electron chi connectivity index (χ3n) is 3.63. The summed E-state index contributed by atoms with van der Waals surface area (Å²) in [4.78, 5) is 23.3. The number of carbonyl (C=O) groups excluding carboxylic acids is 1. The molecule has 0 radical (unpaired) electrons. The van der Waals surface area contributed by atoms with Crippen molar-refractivity contribution in [2.24, 2.45) is 5.41 Å². The maximum atomic E-state index is 12.2. The van der Waals surface area contributed by atoms with Gasteiger partial charge in [0.2, 0.25) is 0 Å². The van der Waals surface area contributed by atoms with E-state index < -0.39 is 17.3 Å². The maximum absolute atomic E-state index is 12.2. The summed E-state index contributed by atoms with van der Waals surface area (Å²) < 4.78 is 1.59. The second kappa shape index (κ2) is 6.20. The average Bonchev–Trinajstić information content (AvgIpc) is 2.86. The molecule has 0 bridgehead atoms. The molecule has 23 heavy (non-hydrogen) atoms. The van der Waals surface area contributed by atoms with Crippen LogP contribution < -0.4 is 5.32 Å². The first-order valence-electron chi connectivity index (χ1n) is 7.23. The second-order valence-corrected chi connectivity index (χ2v) is 6.15. The third-order valence-corrected chi connectivity index (χ3v) is 3.63. The van der Waals surface area contributed by atoms with E-state index in [1.807, 2.05) is 31.2 Å². The van der Waals surface area contributed by atoms with E-state index >= 15 is 0 Å².